The van der Waals surface area contributed by atoms with Crippen LogP contribution in [0.2, 0.25) is 0 Å². The van der Waals surface area contributed by atoms with Gasteiger partial charge < -0.3 is 14.5 Å². The maximum atomic E-state index is 5.70. The van der Waals surface area contributed by atoms with Gasteiger partial charge in [0.2, 0.25) is 0 Å². The van der Waals surface area contributed by atoms with Crippen molar-refractivity contribution < 1.29 is 9.15 Å². The lowest BCUT2D eigenvalue weighted by Gasteiger charge is -2.20. The van der Waals surface area contributed by atoms with Gasteiger partial charge in [-0.2, -0.15) is 0 Å². The molecule has 1 aromatic heterocycles. The smallest absolute Gasteiger partial charge is 0.128 e. The SMILES string of the molecule is CCCNC(c1ccc(OC)cc1C)c1occc1C. The molecular formula is C17H23NO2. The highest BCUT2D eigenvalue weighted by Gasteiger charge is 2.20. The summed E-state index contributed by atoms with van der Waals surface area (Å²) in [6.45, 7) is 7.31. The molecule has 0 amide bonds. The summed E-state index contributed by atoms with van der Waals surface area (Å²) in [7, 11) is 1.69. The first-order chi connectivity index (χ1) is 9.67. The van der Waals surface area contributed by atoms with Gasteiger partial charge in [-0.15, -0.1) is 0 Å². The molecule has 0 bridgehead atoms. The summed E-state index contributed by atoms with van der Waals surface area (Å²) in [6, 6.07) is 8.28. The van der Waals surface area contributed by atoms with Crippen LogP contribution in [-0.2, 0) is 0 Å². The van der Waals surface area contributed by atoms with Crippen LogP contribution in [0, 0.1) is 13.8 Å². The number of hydrogen-bond acceptors (Lipinski definition) is 3. The van der Waals surface area contributed by atoms with E-state index < -0.39 is 0 Å². The highest BCUT2D eigenvalue weighted by Crippen LogP contribution is 2.29. The summed E-state index contributed by atoms with van der Waals surface area (Å²) < 4.78 is 11.0. The van der Waals surface area contributed by atoms with Crippen molar-refractivity contribution in [3.05, 3.63) is 53.0 Å². The van der Waals surface area contributed by atoms with Gasteiger partial charge in [-0.3, -0.25) is 0 Å². The van der Waals surface area contributed by atoms with Crippen molar-refractivity contribution in [2.24, 2.45) is 0 Å². The van der Waals surface area contributed by atoms with E-state index in [1.165, 1.54) is 16.7 Å². The number of benzene rings is 1. The molecule has 108 valence electrons. The fraction of sp³-hybridized carbons (Fsp3) is 0.412. The Kier molecular flexibility index (Phi) is 4.85. The standard InChI is InChI=1S/C17H23NO2/c1-5-9-18-16(17-12(2)8-10-20-17)15-7-6-14(19-4)11-13(15)3/h6-8,10-11,16,18H,5,9H2,1-4H3. The Morgan fingerprint density at radius 2 is 2.00 bits per heavy atom. The van der Waals surface area contributed by atoms with Crippen LogP contribution in [0.1, 0.15) is 41.8 Å². The van der Waals surface area contributed by atoms with E-state index in [9.17, 15) is 0 Å². The quantitative estimate of drug-likeness (QED) is 0.864. The number of aryl methyl sites for hydroxylation is 2. The molecule has 1 N–H and O–H groups in total. The van der Waals surface area contributed by atoms with Crippen molar-refractivity contribution in [1.29, 1.82) is 0 Å². The molecular weight excluding hydrogens is 250 g/mol. The van der Waals surface area contributed by atoms with Gasteiger partial charge in [0.15, 0.2) is 0 Å². The Balaban J connectivity index is 2.38. The fourth-order valence-corrected chi connectivity index (χ4v) is 2.41. The molecule has 0 saturated heterocycles. The summed E-state index contributed by atoms with van der Waals surface area (Å²) >= 11 is 0. The molecule has 1 atom stereocenters. The normalized spacial score (nSPS) is 12.4. The summed E-state index contributed by atoms with van der Waals surface area (Å²) in [4.78, 5) is 0. The molecule has 0 aliphatic rings. The lowest BCUT2D eigenvalue weighted by Crippen LogP contribution is -2.24. The molecule has 1 unspecified atom stereocenters. The predicted molar refractivity (Wildman–Crippen MR) is 81.3 cm³/mol. The largest absolute Gasteiger partial charge is 0.497 e. The van der Waals surface area contributed by atoms with Crippen molar-refractivity contribution in [3.63, 3.8) is 0 Å². The number of methoxy groups -OCH3 is 1. The first-order valence-corrected chi connectivity index (χ1v) is 7.09. The molecule has 1 aromatic carbocycles. The number of ether oxygens (including phenoxy) is 1. The third kappa shape index (κ3) is 3.05. The third-order valence-corrected chi connectivity index (χ3v) is 3.55. The van der Waals surface area contributed by atoms with Gasteiger partial charge in [-0.05, 0) is 61.7 Å². The molecule has 2 aromatic rings. The minimum atomic E-state index is 0.0934. The second kappa shape index (κ2) is 6.62. The second-order valence-electron chi connectivity index (χ2n) is 5.08. The summed E-state index contributed by atoms with van der Waals surface area (Å²) in [6.07, 6.45) is 2.84. The highest BCUT2D eigenvalue weighted by molar-refractivity contribution is 5.40. The van der Waals surface area contributed by atoms with Crippen LogP contribution < -0.4 is 10.1 Å². The molecule has 0 spiro atoms. The van der Waals surface area contributed by atoms with E-state index in [1.54, 1.807) is 13.4 Å². The number of hydrogen-bond donors (Lipinski definition) is 1. The maximum Gasteiger partial charge on any atom is 0.128 e. The van der Waals surface area contributed by atoms with Crippen LogP contribution in [0.3, 0.4) is 0 Å². The van der Waals surface area contributed by atoms with Gasteiger partial charge in [-0.1, -0.05) is 13.0 Å². The van der Waals surface area contributed by atoms with Crippen molar-refractivity contribution in [2.75, 3.05) is 13.7 Å². The summed E-state index contributed by atoms with van der Waals surface area (Å²) in [5.41, 5.74) is 3.61. The highest BCUT2D eigenvalue weighted by atomic mass is 16.5. The average Bonchev–Trinajstić information content (AvgIpc) is 2.87. The van der Waals surface area contributed by atoms with Crippen LogP contribution >= 0.6 is 0 Å². The molecule has 0 radical (unpaired) electrons. The van der Waals surface area contributed by atoms with Gasteiger partial charge >= 0.3 is 0 Å². The van der Waals surface area contributed by atoms with Crippen molar-refractivity contribution in [3.8, 4) is 5.75 Å². The zero-order chi connectivity index (χ0) is 14.5. The molecule has 0 saturated carbocycles. The minimum Gasteiger partial charge on any atom is -0.497 e. The van der Waals surface area contributed by atoms with E-state index >= 15 is 0 Å². The van der Waals surface area contributed by atoms with Crippen LogP contribution in [0.5, 0.6) is 5.75 Å². The van der Waals surface area contributed by atoms with Crippen molar-refractivity contribution in [2.45, 2.75) is 33.2 Å². The molecule has 0 aliphatic carbocycles. The number of rotatable bonds is 6. The molecule has 3 heteroatoms. The Labute approximate surface area is 121 Å². The van der Waals surface area contributed by atoms with E-state index in [0.29, 0.717) is 0 Å². The van der Waals surface area contributed by atoms with Gasteiger partial charge in [0.25, 0.3) is 0 Å². The topological polar surface area (TPSA) is 34.4 Å². The zero-order valence-corrected chi connectivity index (χ0v) is 12.7. The molecule has 1 heterocycles. The molecule has 0 fully saturated rings. The second-order valence-corrected chi connectivity index (χ2v) is 5.08. The predicted octanol–water partition coefficient (Wildman–Crippen LogP) is 3.99. The Hall–Kier alpha value is -1.74. The van der Waals surface area contributed by atoms with E-state index in [0.717, 1.165) is 24.5 Å². The Morgan fingerprint density at radius 3 is 2.55 bits per heavy atom. The Bertz CT molecular complexity index is 560. The Morgan fingerprint density at radius 1 is 1.20 bits per heavy atom. The number of nitrogens with one attached hydrogen (secondary N) is 1. The summed E-state index contributed by atoms with van der Waals surface area (Å²) in [5, 5.41) is 3.57. The first kappa shape index (κ1) is 14.7. The third-order valence-electron chi connectivity index (χ3n) is 3.55. The van der Waals surface area contributed by atoms with Gasteiger partial charge in [0, 0.05) is 0 Å². The van der Waals surface area contributed by atoms with E-state index in [-0.39, 0.29) is 6.04 Å². The van der Waals surface area contributed by atoms with Crippen molar-refractivity contribution in [1.82, 2.24) is 5.32 Å². The minimum absolute atomic E-state index is 0.0934. The molecule has 0 aliphatic heterocycles. The van der Waals surface area contributed by atoms with Crippen LogP contribution in [-0.4, -0.2) is 13.7 Å². The fourth-order valence-electron chi connectivity index (χ4n) is 2.41. The molecule has 2 rings (SSSR count). The molecule has 3 nitrogen and oxygen atoms in total. The lowest BCUT2D eigenvalue weighted by molar-refractivity contribution is 0.413. The number of furan rings is 1. The zero-order valence-electron chi connectivity index (χ0n) is 12.7. The monoisotopic (exact) mass is 273 g/mol. The van der Waals surface area contributed by atoms with Gasteiger partial charge in [0.05, 0.1) is 19.4 Å². The maximum absolute atomic E-state index is 5.70. The van der Waals surface area contributed by atoms with E-state index in [2.05, 4.69) is 38.2 Å². The van der Waals surface area contributed by atoms with Crippen LogP contribution in [0.15, 0.2) is 34.9 Å². The van der Waals surface area contributed by atoms with Crippen LogP contribution in [0.4, 0.5) is 0 Å². The lowest BCUT2D eigenvalue weighted by atomic mass is 9.97. The van der Waals surface area contributed by atoms with E-state index in [1.807, 2.05) is 12.1 Å². The summed E-state index contributed by atoms with van der Waals surface area (Å²) in [5.74, 6) is 1.88. The van der Waals surface area contributed by atoms with Crippen LogP contribution in [0.25, 0.3) is 0 Å². The van der Waals surface area contributed by atoms with Crippen molar-refractivity contribution >= 4 is 0 Å². The van der Waals surface area contributed by atoms with Gasteiger partial charge in [-0.25, -0.2) is 0 Å². The van der Waals surface area contributed by atoms with Gasteiger partial charge in [0.1, 0.15) is 11.5 Å². The first-order valence-electron chi connectivity index (χ1n) is 7.09. The van der Waals surface area contributed by atoms with E-state index in [4.69, 9.17) is 9.15 Å². The average molecular weight is 273 g/mol. The molecule has 20 heavy (non-hydrogen) atoms.